The van der Waals surface area contributed by atoms with E-state index in [9.17, 15) is 13.2 Å². The van der Waals surface area contributed by atoms with Crippen molar-refractivity contribution in [3.8, 4) is 0 Å². The third-order valence-corrected chi connectivity index (χ3v) is 6.66. The average molecular weight is 346 g/mol. The highest BCUT2D eigenvalue weighted by molar-refractivity contribution is 7.91. The molecule has 0 unspecified atom stereocenters. The molecule has 1 fully saturated rings. The second kappa shape index (κ2) is 6.17. The van der Waals surface area contributed by atoms with Crippen molar-refractivity contribution in [2.75, 3.05) is 19.6 Å². The van der Waals surface area contributed by atoms with Gasteiger partial charge in [-0.2, -0.15) is 4.31 Å². The average Bonchev–Trinajstić information content (AvgIpc) is 2.90. The molecule has 0 saturated carbocycles. The van der Waals surface area contributed by atoms with Crippen molar-refractivity contribution >= 4 is 27.5 Å². The van der Waals surface area contributed by atoms with E-state index in [1.165, 1.54) is 15.6 Å². The van der Waals surface area contributed by atoms with Crippen LogP contribution in [0.25, 0.3) is 0 Å². The van der Waals surface area contributed by atoms with E-state index in [1.54, 1.807) is 22.4 Å². The molecule has 2 heterocycles. The zero-order valence-electron chi connectivity index (χ0n) is 13.3. The Morgan fingerprint density at radius 2 is 2.05 bits per heavy atom. The molecule has 0 spiro atoms. The van der Waals surface area contributed by atoms with E-state index in [0.717, 1.165) is 0 Å². The molecule has 1 atom stereocenters. The maximum atomic E-state index is 12.6. The summed E-state index contributed by atoms with van der Waals surface area (Å²) in [4.78, 5) is 13.6. The van der Waals surface area contributed by atoms with E-state index in [-0.39, 0.29) is 12.6 Å². The third-order valence-electron chi connectivity index (χ3n) is 3.28. The molecule has 1 aromatic rings. The molecule has 0 N–H and O–H groups in total. The summed E-state index contributed by atoms with van der Waals surface area (Å²) in [6.07, 6.45) is -0.396. The lowest BCUT2D eigenvalue weighted by atomic mass is 10.2. The Morgan fingerprint density at radius 3 is 2.55 bits per heavy atom. The Hall–Kier alpha value is -1.12. The fourth-order valence-electron chi connectivity index (χ4n) is 2.32. The third kappa shape index (κ3) is 3.80. The van der Waals surface area contributed by atoms with Crippen molar-refractivity contribution in [2.24, 2.45) is 0 Å². The quantitative estimate of drug-likeness (QED) is 0.824. The van der Waals surface area contributed by atoms with E-state index in [2.05, 4.69) is 0 Å². The Morgan fingerprint density at radius 1 is 1.36 bits per heavy atom. The van der Waals surface area contributed by atoms with Gasteiger partial charge in [0.05, 0.1) is 0 Å². The lowest BCUT2D eigenvalue weighted by Crippen LogP contribution is -2.55. The minimum absolute atomic E-state index is 0.278. The predicted molar refractivity (Wildman–Crippen MR) is 85.5 cm³/mol. The Balaban J connectivity index is 2.06. The first-order chi connectivity index (χ1) is 10.1. The zero-order valence-corrected chi connectivity index (χ0v) is 14.9. The molecule has 2 rings (SSSR count). The minimum atomic E-state index is -3.48. The molecule has 1 aliphatic heterocycles. The normalized spacial score (nSPS) is 20.9. The molecule has 0 bridgehead atoms. The number of amides is 1. The smallest absolute Gasteiger partial charge is 0.410 e. The SMILES string of the molecule is C[C@H]1CN(C(=O)OC(C)(C)C)CCN1S(=O)(=O)c1cccs1. The fourth-order valence-corrected chi connectivity index (χ4v) is 5.05. The summed E-state index contributed by atoms with van der Waals surface area (Å²) in [5.74, 6) is 0. The Labute approximate surface area is 135 Å². The maximum Gasteiger partial charge on any atom is 0.410 e. The fraction of sp³-hybridized carbons (Fsp3) is 0.643. The lowest BCUT2D eigenvalue weighted by molar-refractivity contribution is 0.0143. The summed E-state index contributed by atoms with van der Waals surface area (Å²) >= 11 is 1.21. The van der Waals surface area contributed by atoms with Crippen LogP contribution in [0, 0.1) is 0 Å². The summed E-state index contributed by atoms with van der Waals surface area (Å²) in [6.45, 7) is 8.19. The molecule has 8 heteroatoms. The van der Waals surface area contributed by atoms with Crippen LogP contribution in [-0.2, 0) is 14.8 Å². The summed E-state index contributed by atoms with van der Waals surface area (Å²) in [6, 6.07) is 3.04. The summed E-state index contributed by atoms with van der Waals surface area (Å²) < 4.78 is 32.3. The maximum absolute atomic E-state index is 12.6. The molecule has 0 aromatic carbocycles. The number of carbonyl (C=O) groups excluding carboxylic acids is 1. The van der Waals surface area contributed by atoms with Gasteiger partial charge in [-0.15, -0.1) is 11.3 Å². The van der Waals surface area contributed by atoms with Crippen LogP contribution in [0.5, 0.6) is 0 Å². The number of ether oxygens (including phenoxy) is 1. The molecular weight excluding hydrogens is 324 g/mol. The first kappa shape index (κ1) is 17.2. The van der Waals surface area contributed by atoms with Gasteiger partial charge in [-0.1, -0.05) is 6.07 Å². The van der Waals surface area contributed by atoms with Gasteiger partial charge in [0, 0.05) is 25.7 Å². The van der Waals surface area contributed by atoms with Crippen LogP contribution < -0.4 is 0 Å². The zero-order chi connectivity index (χ0) is 16.5. The topological polar surface area (TPSA) is 66.9 Å². The van der Waals surface area contributed by atoms with Gasteiger partial charge in [0.25, 0.3) is 10.0 Å². The molecule has 1 aliphatic rings. The predicted octanol–water partition coefficient (Wildman–Crippen LogP) is 2.38. The lowest BCUT2D eigenvalue weighted by Gasteiger charge is -2.39. The second-order valence-electron chi connectivity index (χ2n) is 6.32. The number of carbonyl (C=O) groups is 1. The van der Waals surface area contributed by atoms with Crippen molar-refractivity contribution in [1.82, 2.24) is 9.21 Å². The van der Waals surface area contributed by atoms with Gasteiger partial charge in [0.1, 0.15) is 9.81 Å². The molecule has 1 saturated heterocycles. The van der Waals surface area contributed by atoms with Crippen LogP contribution in [0.3, 0.4) is 0 Å². The molecule has 124 valence electrons. The summed E-state index contributed by atoms with van der Waals surface area (Å²) in [7, 11) is -3.48. The highest BCUT2D eigenvalue weighted by atomic mass is 32.2. The standard InChI is InChI=1S/C14H22N2O4S2/c1-11-10-15(13(17)20-14(2,3)4)7-8-16(11)22(18,19)12-6-5-9-21-12/h5-6,9,11H,7-8,10H2,1-4H3/t11-/m0/s1. The van der Waals surface area contributed by atoms with Gasteiger partial charge < -0.3 is 9.64 Å². The molecule has 6 nitrogen and oxygen atoms in total. The van der Waals surface area contributed by atoms with Crippen LogP contribution in [-0.4, -0.2) is 55.0 Å². The van der Waals surface area contributed by atoms with Gasteiger partial charge in [-0.3, -0.25) is 0 Å². The molecule has 0 radical (unpaired) electrons. The van der Waals surface area contributed by atoms with Gasteiger partial charge in [0.2, 0.25) is 0 Å². The first-order valence-corrected chi connectivity index (χ1v) is 9.46. The molecule has 22 heavy (non-hydrogen) atoms. The van der Waals surface area contributed by atoms with Gasteiger partial charge in [-0.05, 0) is 39.1 Å². The highest BCUT2D eigenvalue weighted by Gasteiger charge is 2.36. The molecular formula is C14H22N2O4S2. The van der Waals surface area contributed by atoms with Crippen molar-refractivity contribution in [2.45, 2.75) is 43.5 Å². The first-order valence-electron chi connectivity index (χ1n) is 7.14. The van der Waals surface area contributed by atoms with Gasteiger partial charge in [0.15, 0.2) is 0 Å². The Kier molecular flexibility index (Phi) is 4.84. The van der Waals surface area contributed by atoms with E-state index < -0.39 is 21.7 Å². The molecule has 1 aromatic heterocycles. The number of sulfonamides is 1. The molecule has 1 amide bonds. The van der Waals surface area contributed by atoms with E-state index in [4.69, 9.17) is 4.74 Å². The second-order valence-corrected chi connectivity index (χ2v) is 9.39. The minimum Gasteiger partial charge on any atom is -0.444 e. The molecule has 0 aliphatic carbocycles. The van der Waals surface area contributed by atoms with Crippen molar-refractivity contribution < 1.29 is 17.9 Å². The number of hydrogen-bond donors (Lipinski definition) is 0. The van der Waals surface area contributed by atoms with Crippen LogP contribution in [0.15, 0.2) is 21.7 Å². The van der Waals surface area contributed by atoms with Crippen LogP contribution >= 0.6 is 11.3 Å². The van der Waals surface area contributed by atoms with E-state index in [0.29, 0.717) is 17.3 Å². The van der Waals surface area contributed by atoms with Gasteiger partial charge >= 0.3 is 6.09 Å². The summed E-state index contributed by atoms with van der Waals surface area (Å²) in [5, 5.41) is 1.74. The number of hydrogen-bond acceptors (Lipinski definition) is 5. The van der Waals surface area contributed by atoms with E-state index >= 15 is 0 Å². The largest absolute Gasteiger partial charge is 0.444 e. The number of nitrogens with zero attached hydrogens (tertiary/aromatic N) is 2. The summed E-state index contributed by atoms with van der Waals surface area (Å²) in [5.41, 5.74) is -0.555. The highest BCUT2D eigenvalue weighted by Crippen LogP contribution is 2.25. The van der Waals surface area contributed by atoms with Crippen molar-refractivity contribution in [1.29, 1.82) is 0 Å². The number of piperazine rings is 1. The number of rotatable bonds is 2. The van der Waals surface area contributed by atoms with Crippen LogP contribution in [0.4, 0.5) is 4.79 Å². The van der Waals surface area contributed by atoms with Crippen molar-refractivity contribution in [3.05, 3.63) is 17.5 Å². The van der Waals surface area contributed by atoms with E-state index in [1.807, 2.05) is 27.7 Å². The number of thiophene rings is 1. The Bertz CT molecular complexity index is 620. The van der Waals surface area contributed by atoms with Crippen LogP contribution in [0.1, 0.15) is 27.7 Å². The van der Waals surface area contributed by atoms with Crippen molar-refractivity contribution in [3.63, 3.8) is 0 Å². The van der Waals surface area contributed by atoms with Crippen LogP contribution in [0.2, 0.25) is 0 Å². The van der Waals surface area contributed by atoms with Gasteiger partial charge in [-0.25, -0.2) is 13.2 Å². The monoisotopic (exact) mass is 346 g/mol.